The van der Waals surface area contributed by atoms with E-state index >= 15 is 0 Å². The van der Waals surface area contributed by atoms with Crippen LogP contribution in [-0.2, 0) is 0 Å². The lowest BCUT2D eigenvalue weighted by atomic mass is 10.3. The third kappa shape index (κ3) is 3.35. The van der Waals surface area contributed by atoms with Crippen LogP contribution >= 0.6 is 23.5 Å². The molecule has 0 aliphatic carbocycles. The van der Waals surface area contributed by atoms with Crippen molar-refractivity contribution in [2.45, 2.75) is 48.0 Å². The lowest BCUT2D eigenvalue weighted by molar-refractivity contribution is 0.400. The van der Waals surface area contributed by atoms with Crippen LogP contribution in [0.25, 0.3) is 0 Å². The molecular weight excluding hydrogens is 284 g/mol. The van der Waals surface area contributed by atoms with Crippen LogP contribution in [0.4, 0.5) is 17.6 Å². The monoisotopic (exact) mass is 301 g/mol. The fraction of sp³-hybridized carbons (Fsp3) is 0.500. The van der Waals surface area contributed by atoms with Crippen LogP contribution in [0.3, 0.4) is 0 Å². The van der Waals surface area contributed by atoms with Gasteiger partial charge in [0.1, 0.15) is 0 Å². The van der Waals surface area contributed by atoms with E-state index in [1.54, 1.807) is 27.7 Å². The second-order valence-corrected chi connectivity index (χ2v) is 7.42. The summed E-state index contributed by atoms with van der Waals surface area (Å²) in [5, 5.41) is -0.340. The van der Waals surface area contributed by atoms with E-state index in [-0.39, 0.29) is 11.9 Å². The van der Waals surface area contributed by atoms with E-state index < -0.39 is 33.1 Å². The third-order valence-corrected chi connectivity index (χ3v) is 4.02. The average molecular weight is 301 g/mol. The molecule has 0 aromatic heterocycles. The van der Waals surface area contributed by atoms with Gasteiger partial charge in [-0.25, -0.2) is 17.6 Å². The van der Waals surface area contributed by atoms with Gasteiger partial charge in [-0.1, -0.05) is 27.7 Å². The molecule has 0 bridgehead atoms. The summed E-state index contributed by atoms with van der Waals surface area (Å²) in [7, 11) is 0. The highest BCUT2D eigenvalue weighted by atomic mass is 32.2. The van der Waals surface area contributed by atoms with Crippen LogP contribution < -0.4 is 0 Å². The number of halogens is 4. The largest absolute Gasteiger partial charge is 0.202 e. The molecule has 18 heavy (non-hydrogen) atoms. The molecule has 0 N–H and O–H groups in total. The summed E-state index contributed by atoms with van der Waals surface area (Å²) in [6, 6.07) is 0. The van der Waals surface area contributed by atoms with Gasteiger partial charge in [0, 0.05) is 11.9 Å². The fourth-order valence-corrected chi connectivity index (χ4v) is 2.98. The standard InChI is InChI=1S/C12H14F4S2.H2/c1-5(2)17-11-7(13)9(15)12(18-6(3)4)10(16)8(11)14;/h5-6H,1-4H3;1H/i;1+1. The Kier molecular flexibility index (Phi) is 5.40. The highest BCUT2D eigenvalue weighted by Gasteiger charge is 2.26. The molecule has 0 aliphatic heterocycles. The molecule has 6 heteroatoms. The molecule has 0 atom stereocenters. The molecule has 104 valence electrons. The number of benzene rings is 1. The molecule has 0 saturated heterocycles. The van der Waals surface area contributed by atoms with E-state index in [9.17, 15) is 17.6 Å². The van der Waals surface area contributed by atoms with E-state index in [4.69, 9.17) is 0 Å². The van der Waals surface area contributed by atoms with Crippen LogP contribution in [0.1, 0.15) is 29.1 Å². The minimum Gasteiger partial charge on any atom is -0.202 e. The van der Waals surface area contributed by atoms with Crippen molar-refractivity contribution in [3.8, 4) is 0 Å². The van der Waals surface area contributed by atoms with E-state index in [0.717, 1.165) is 23.5 Å². The van der Waals surface area contributed by atoms with Crippen LogP contribution in [0.5, 0.6) is 0 Å². The summed E-state index contributed by atoms with van der Waals surface area (Å²) in [5.41, 5.74) is 0. The minimum absolute atomic E-state index is 0. The summed E-state index contributed by atoms with van der Waals surface area (Å²) >= 11 is 1.54. The zero-order valence-electron chi connectivity index (χ0n) is 10.5. The maximum absolute atomic E-state index is 13.7. The molecule has 0 amide bonds. The van der Waals surface area contributed by atoms with Gasteiger partial charge < -0.3 is 0 Å². The Labute approximate surface area is 114 Å². The van der Waals surface area contributed by atoms with Crippen molar-refractivity contribution >= 4 is 23.5 Å². The summed E-state index contributed by atoms with van der Waals surface area (Å²) < 4.78 is 54.8. The SMILES string of the molecule is CC(C)Sc1c(F)c(F)c(SC(C)C)c(F)c1F.[2HH]. The van der Waals surface area contributed by atoms with Crippen molar-refractivity contribution < 1.29 is 19.0 Å². The van der Waals surface area contributed by atoms with Crippen molar-refractivity contribution in [3.05, 3.63) is 23.3 Å². The van der Waals surface area contributed by atoms with Crippen molar-refractivity contribution in [2.24, 2.45) is 0 Å². The summed E-state index contributed by atoms with van der Waals surface area (Å²) in [5.74, 6) is -5.24. The number of hydrogen-bond donors (Lipinski definition) is 0. The predicted octanol–water partition coefficient (Wildman–Crippen LogP) is 5.49. The molecule has 0 saturated carbocycles. The molecule has 1 aromatic rings. The van der Waals surface area contributed by atoms with Gasteiger partial charge in [0.2, 0.25) is 0 Å². The summed E-state index contributed by atoms with van der Waals surface area (Å²) in [6.45, 7) is 6.76. The van der Waals surface area contributed by atoms with Gasteiger partial charge in [0.05, 0.1) is 9.79 Å². The van der Waals surface area contributed by atoms with Gasteiger partial charge >= 0.3 is 0 Å². The first-order valence-electron chi connectivity index (χ1n) is 5.44. The Hall–Kier alpha value is -0.360. The Morgan fingerprint density at radius 1 is 0.667 bits per heavy atom. The lowest BCUT2D eigenvalue weighted by Crippen LogP contribution is -2.04. The Balaban J connectivity index is 0.00000324. The van der Waals surface area contributed by atoms with Gasteiger partial charge in [-0.3, -0.25) is 0 Å². The maximum atomic E-state index is 13.7. The maximum Gasteiger partial charge on any atom is 0.176 e. The first-order valence-corrected chi connectivity index (χ1v) is 7.20. The van der Waals surface area contributed by atoms with Crippen molar-refractivity contribution in [1.82, 2.24) is 0 Å². The number of thioether (sulfide) groups is 2. The van der Waals surface area contributed by atoms with Gasteiger partial charge in [0.25, 0.3) is 0 Å². The highest BCUT2D eigenvalue weighted by Crippen LogP contribution is 2.38. The molecule has 0 heterocycles. The van der Waals surface area contributed by atoms with E-state index in [1.807, 2.05) is 0 Å². The molecule has 0 radical (unpaired) electrons. The lowest BCUT2D eigenvalue weighted by Gasteiger charge is -2.13. The number of rotatable bonds is 4. The first-order chi connectivity index (χ1) is 8.25. The molecule has 0 spiro atoms. The Bertz CT molecular complexity index is 380. The minimum atomic E-state index is -1.31. The molecule has 1 aromatic carbocycles. The van der Waals surface area contributed by atoms with E-state index in [0.29, 0.717) is 0 Å². The van der Waals surface area contributed by atoms with Crippen LogP contribution in [0, 0.1) is 23.3 Å². The normalized spacial score (nSPS) is 11.7. The molecule has 0 aliphatic rings. The second kappa shape index (κ2) is 6.19. The van der Waals surface area contributed by atoms with Crippen LogP contribution in [0.2, 0.25) is 0 Å². The van der Waals surface area contributed by atoms with Crippen molar-refractivity contribution in [2.75, 3.05) is 0 Å². The Morgan fingerprint density at radius 2 is 0.889 bits per heavy atom. The third-order valence-electron chi connectivity index (χ3n) is 1.89. The summed E-state index contributed by atoms with van der Waals surface area (Å²) in [6.07, 6.45) is 0. The van der Waals surface area contributed by atoms with Crippen molar-refractivity contribution in [3.63, 3.8) is 0 Å². The molecular formula is C12H16F4S2. The molecule has 0 nitrogen and oxygen atoms in total. The Morgan fingerprint density at radius 3 is 1.06 bits per heavy atom. The molecule has 0 fully saturated rings. The molecule has 1 rings (SSSR count). The van der Waals surface area contributed by atoms with E-state index in [2.05, 4.69) is 0 Å². The quantitative estimate of drug-likeness (QED) is 0.410. The van der Waals surface area contributed by atoms with Gasteiger partial charge in [-0.2, -0.15) is 0 Å². The van der Waals surface area contributed by atoms with Crippen LogP contribution in [-0.4, -0.2) is 10.5 Å². The smallest absolute Gasteiger partial charge is 0.176 e. The average Bonchev–Trinajstić information content (AvgIpc) is 2.27. The summed E-state index contributed by atoms with van der Waals surface area (Å²) in [4.78, 5) is -1.18. The second-order valence-electron chi connectivity index (χ2n) is 4.25. The van der Waals surface area contributed by atoms with Gasteiger partial charge in [0.15, 0.2) is 23.3 Å². The first kappa shape index (κ1) is 15.7. The zero-order chi connectivity index (χ0) is 14.0. The zero-order valence-corrected chi connectivity index (χ0v) is 12.1. The van der Waals surface area contributed by atoms with Crippen LogP contribution in [0.15, 0.2) is 9.79 Å². The number of hydrogen-bond acceptors (Lipinski definition) is 2. The highest BCUT2D eigenvalue weighted by molar-refractivity contribution is 8.00. The van der Waals surface area contributed by atoms with Crippen molar-refractivity contribution in [1.29, 1.82) is 0 Å². The molecule has 0 unspecified atom stereocenters. The predicted molar refractivity (Wildman–Crippen MR) is 70.4 cm³/mol. The topological polar surface area (TPSA) is 0 Å². The fourth-order valence-electron chi connectivity index (χ4n) is 1.27. The van der Waals surface area contributed by atoms with Gasteiger partial charge in [-0.15, -0.1) is 23.5 Å². The van der Waals surface area contributed by atoms with E-state index in [1.165, 1.54) is 0 Å². The van der Waals surface area contributed by atoms with Gasteiger partial charge in [-0.05, 0) is 0 Å².